The minimum absolute atomic E-state index is 0.0930. The van der Waals surface area contributed by atoms with E-state index >= 15 is 0 Å². The van der Waals surface area contributed by atoms with Gasteiger partial charge in [-0.15, -0.1) is 0 Å². The molecular weight excluding hydrogens is 242 g/mol. The lowest BCUT2D eigenvalue weighted by atomic mass is 9.78. The molecule has 0 amide bonds. The number of ether oxygens (including phenoxy) is 2. The molecule has 2 aliphatic rings. The summed E-state index contributed by atoms with van der Waals surface area (Å²) in [5, 5.41) is 0. The molecule has 1 aliphatic heterocycles. The van der Waals surface area contributed by atoms with E-state index in [4.69, 9.17) is 9.47 Å². The summed E-state index contributed by atoms with van der Waals surface area (Å²) in [5.74, 6) is 0.657. The first-order chi connectivity index (χ1) is 9.31. The fourth-order valence-electron chi connectivity index (χ4n) is 3.55. The van der Waals surface area contributed by atoms with Gasteiger partial charge in [0.25, 0.3) is 0 Å². The number of fused-ring (bicyclic) bond motifs is 1. The molecule has 110 valence electrons. The van der Waals surface area contributed by atoms with E-state index in [0.717, 1.165) is 18.5 Å². The maximum absolute atomic E-state index is 11.2. The number of nitrogens with zero attached hydrogens (tertiary/aromatic N) is 1. The third kappa shape index (κ3) is 4.46. The number of carbonyl (C=O) groups is 1. The number of rotatable bonds is 6. The summed E-state index contributed by atoms with van der Waals surface area (Å²) >= 11 is 0. The van der Waals surface area contributed by atoms with Crippen LogP contribution in [0.4, 0.5) is 0 Å². The van der Waals surface area contributed by atoms with Gasteiger partial charge in [0, 0.05) is 12.6 Å². The van der Waals surface area contributed by atoms with E-state index in [-0.39, 0.29) is 12.6 Å². The Balaban J connectivity index is 1.65. The molecule has 0 spiro atoms. The summed E-state index contributed by atoms with van der Waals surface area (Å²) in [7, 11) is 0. The van der Waals surface area contributed by atoms with Crippen LogP contribution in [0.1, 0.15) is 45.4 Å². The fourth-order valence-corrected chi connectivity index (χ4v) is 3.55. The Morgan fingerprint density at radius 2 is 2.00 bits per heavy atom. The van der Waals surface area contributed by atoms with Crippen LogP contribution >= 0.6 is 0 Å². The SMILES string of the molecule is CCOC(=O)COCCN1CCC[C@H]2CCCC[C@H]21. The van der Waals surface area contributed by atoms with Crippen LogP contribution in [0.3, 0.4) is 0 Å². The normalized spacial score (nSPS) is 27.8. The van der Waals surface area contributed by atoms with Gasteiger partial charge in [-0.2, -0.15) is 0 Å². The van der Waals surface area contributed by atoms with Gasteiger partial charge in [-0.05, 0) is 45.1 Å². The largest absolute Gasteiger partial charge is 0.464 e. The van der Waals surface area contributed by atoms with Crippen LogP contribution < -0.4 is 0 Å². The Hall–Kier alpha value is -0.610. The van der Waals surface area contributed by atoms with E-state index in [2.05, 4.69) is 4.90 Å². The van der Waals surface area contributed by atoms with Crippen molar-refractivity contribution in [2.24, 2.45) is 5.92 Å². The van der Waals surface area contributed by atoms with Gasteiger partial charge >= 0.3 is 5.97 Å². The summed E-state index contributed by atoms with van der Waals surface area (Å²) < 4.78 is 10.3. The molecule has 1 saturated carbocycles. The molecule has 1 saturated heterocycles. The maximum atomic E-state index is 11.2. The van der Waals surface area contributed by atoms with Crippen LogP contribution in [0, 0.1) is 5.92 Å². The van der Waals surface area contributed by atoms with Gasteiger partial charge in [0.15, 0.2) is 0 Å². The van der Waals surface area contributed by atoms with Crippen molar-refractivity contribution in [3.63, 3.8) is 0 Å². The molecule has 4 heteroatoms. The van der Waals surface area contributed by atoms with Crippen molar-refractivity contribution in [3.8, 4) is 0 Å². The van der Waals surface area contributed by atoms with E-state index < -0.39 is 0 Å². The number of esters is 1. The Labute approximate surface area is 116 Å². The highest BCUT2D eigenvalue weighted by Crippen LogP contribution is 2.34. The highest BCUT2D eigenvalue weighted by Gasteiger charge is 2.32. The van der Waals surface area contributed by atoms with Crippen molar-refractivity contribution in [3.05, 3.63) is 0 Å². The monoisotopic (exact) mass is 269 g/mol. The third-order valence-electron chi connectivity index (χ3n) is 4.41. The zero-order chi connectivity index (χ0) is 13.5. The van der Waals surface area contributed by atoms with Gasteiger partial charge in [0.05, 0.1) is 13.2 Å². The summed E-state index contributed by atoms with van der Waals surface area (Å²) in [4.78, 5) is 13.7. The quantitative estimate of drug-likeness (QED) is 0.547. The maximum Gasteiger partial charge on any atom is 0.332 e. The predicted octanol–water partition coefficient (Wildman–Crippen LogP) is 2.22. The molecule has 0 aromatic carbocycles. The fraction of sp³-hybridized carbons (Fsp3) is 0.933. The molecule has 0 bridgehead atoms. The molecule has 0 unspecified atom stereocenters. The molecule has 1 aliphatic carbocycles. The second-order valence-electron chi connectivity index (χ2n) is 5.65. The summed E-state index contributed by atoms with van der Waals surface area (Å²) in [6.07, 6.45) is 8.27. The topological polar surface area (TPSA) is 38.8 Å². The van der Waals surface area contributed by atoms with Crippen molar-refractivity contribution in [2.45, 2.75) is 51.5 Å². The highest BCUT2D eigenvalue weighted by atomic mass is 16.6. The molecule has 19 heavy (non-hydrogen) atoms. The first kappa shape index (κ1) is 14.8. The van der Waals surface area contributed by atoms with Gasteiger partial charge in [-0.1, -0.05) is 12.8 Å². The number of piperidine rings is 1. The van der Waals surface area contributed by atoms with E-state index in [1.54, 1.807) is 0 Å². The van der Waals surface area contributed by atoms with E-state index in [0.29, 0.717) is 13.2 Å². The highest BCUT2D eigenvalue weighted by molar-refractivity contribution is 5.70. The van der Waals surface area contributed by atoms with E-state index in [1.165, 1.54) is 45.1 Å². The van der Waals surface area contributed by atoms with E-state index in [9.17, 15) is 4.79 Å². The van der Waals surface area contributed by atoms with Crippen LogP contribution in [0.15, 0.2) is 0 Å². The van der Waals surface area contributed by atoms with Crippen LogP contribution in [0.2, 0.25) is 0 Å². The van der Waals surface area contributed by atoms with Gasteiger partial charge in [0.1, 0.15) is 6.61 Å². The molecule has 1 heterocycles. The molecule has 0 radical (unpaired) electrons. The minimum Gasteiger partial charge on any atom is -0.464 e. The number of likely N-dealkylation sites (tertiary alicyclic amines) is 1. The predicted molar refractivity (Wildman–Crippen MR) is 74.0 cm³/mol. The number of hydrogen-bond donors (Lipinski definition) is 0. The lowest BCUT2D eigenvalue weighted by Gasteiger charge is -2.44. The van der Waals surface area contributed by atoms with Gasteiger partial charge < -0.3 is 9.47 Å². The van der Waals surface area contributed by atoms with Crippen molar-refractivity contribution in [2.75, 3.05) is 32.9 Å². The van der Waals surface area contributed by atoms with Crippen molar-refractivity contribution in [1.29, 1.82) is 0 Å². The smallest absolute Gasteiger partial charge is 0.332 e. The van der Waals surface area contributed by atoms with Crippen LogP contribution in [0.25, 0.3) is 0 Å². The minimum atomic E-state index is -0.253. The zero-order valence-electron chi connectivity index (χ0n) is 12.1. The average Bonchev–Trinajstić information content (AvgIpc) is 2.44. The lowest BCUT2D eigenvalue weighted by Crippen LogP contribution is -2.47. The Morgan fingerprint density at radius 1 is 1.21 bits per heavy atom. The molecule has 0 N–H and O–H groups in total. The Kier molecular flexibility index (Phi) is 6.11. The standard InChI is InChI=1S/C15H27NO3/c1-2-19-15(17)12-18-11-10-16-9-5-7-13-6-3-4-8-14(13)16/h13-14H,2-12H2,1H3/t13-,14-/m1/s1. The second kappa shape index (κ2) is 7.85. The molecule has 2 rings (SSSR count). The van der Waals surface area contributed by atoms with Crippen molar-refractivity contribution >= 4 is 5.97 Å². The van der Waals surface area contributed by atoms with Crippen molar-refractivity contribution < 1.29 is 14.3 Å². The molecule has 2 fully saturated rings. The van der Waals surface area contributed by atoms with Crippen LogP contribution in [-0.4, -0.2) is 49.8 Å². The molecular formula is C15H27NO3. The van der Waals surface area contributed by atoms with Gasteiger partial charge in [-0.25, -0.2) is 4.79 Å². The summed E-state index contributed by atoms with van der Waals surface area (Å²) in [5.41, 5.74) is 0. The lowest BCUT2D eigenvalue weighted by molar-refractivity contribution is -0.148. The van der Waals surface area contributed by atoms with Gasteiger partial charge in [-0.3, -0.25) is 4.90 Å². The van der Waals surface area contributed by atoms with E-state index in [1.807, 2.05) is 6.92 Å². The molecule has 2 atom stereocenters. The zero-order valence-corrected chi connectivity index (χ0v) is 12.1. The Morgan fingerprint density at radius 3 is 2.84 bits per heavy atom. The third-order valence-corrected chi connectivity index (χ3v) is 4.41. The first-order valence-corrected chi connectivity index (χ1v) is 7.78. The van der Waals surface area contributed by atoms with Gasteiger partial charge in [0.2, 0.25) is 0 Å². The van der Waals surface area contributed by atoms with Crippen LogP contribution in [0.5, 0.6) is 0 Å². The summed E-state index contributed by atoms with van der Waals surface area (Å²) in [6, 6.07) is 0.772. The average molecular weight is 269 g/mol. The molecule has 0 aromatic heterocycles. The number of carbonyl (C=O) groups excluding carboxylic acids is 1. The van der Waals surface area contributed by atoms with Crippen LogP contribution in [-0.2, 0) is 14.3 Å². The van der Waals surface area contributed by atoms with Crippen molar-refractivity contribution in [1.82, 2.24) is 4.90 Å². The second-order valence-corrected chi connectivity index (χ2v) is 5.65. The summed E-state index contributed by atoms with van der Waals surface area (Å²) in [6.45, 7) is 5.13. The number of hydrogen-bond acceptors (Lipinski definition) is 4. The molecule has 4 nitrogen and oxygen atoms in total. The molecule has 0 aromatic rings. The first-order valence-electron chi connectivity index (χ1n) is 7.78. The Bertz CT molecular complexity index is 281.